The van der Waals surface area contributed by atoms with Gasteiger partial charge in [0, 0.05) is 11.5 Å². The minimum absolute atomic E-state index is 0.0521. The molecule has 0 spiro atoms. The van der Waals surface area contributed by atoms with Gasteiger partial charge in [0.1, 0.15) is 12.6 Å². The summed E-state index contributed by atoms with van der Waals surface area (Å²) < 4.78 is 4.64. The van der Waals surface area contributed by atoms with E-state index in [9.17, 15) is 9.59 Å². The first-order chi connectivity index (χ1) is 8.11. The predicted octanol–water partition coefficient (Wildman–Crippen LogP) is 1.92. The highest BCUT2D eigenvalue weighted by Crippen LogP contribution is 2.21. The molecule has 0 aromatic heterocycles. The summed E-state index contributed by atoms with van der Waals surface area (Å²) in [7, 11) is 2.83. The van der Waals surface area contributed by atoms with E-state index in [1.807, 2.05) is 0 Å². The number of rotatable bonds is 9. The second kappa shape index (κ2) is 10.1. The van der Waals surface area contributed by atoms with E-state index < -0.39 is 18.1 Å². The molecular weight excluding hydrogens is 262 g/mol. The minimum atomic E-state index is -1.09. The molecule has 5 nitrogen and oxygen atoms in total. The molecule has 0 aliphatic rings. The molecule has 17 heavy (non-hydrogen) atoms. The third kappa shape index (κ3) is 8.70. The number of amides is 1. The van der Waals surface area contributed by atoms with Crippen molar-refractivity contribution in [2.24, 2.45) is 0 Å². The van der Waals surface area contributed by atoms with Crippen LogP contribution in [0.3, 0.4) is 0 Å². The predicted molar refractivity (Wildman–Crippen MR) is 71.2 cm³/mol. The Labute approximate surface area is 108 Å². The van der Waals surface area contributed by atoms with Crippen LogP contribution in [-0.4, -0.2) is 41.3 Å². The topological polar surface area (TPSA) is 75.6 Å². The number of nitrogens with one attached hydrogen (secondary N) is 1. The van der Waals surface area contributed by atoms with E-state index in [1.165, 1.54) is 27.7 Å². The van der Waals surface area contributed by atoms with Crippen molar-refractivity contribution in [3.05, 3.63) is 25.3 Å². The third-order valence-electron chi connectivity index (χ3n) is 1.43. The summed E-state index contributed by atoms with van der Waals surface area (Å²) in [6.07, 6.45) is 2.37. The second-order valence-electron chi connectivity index (χ2n) is 2.78. The summed E-state index contributed by atoms with van der Waals surface area (Å²) in [6, 6.07) is -0.963. The third-order valence-corrected chi connectivity index (χ3v) is 3.75. The molecule has 7 heteroatoms. The number of aliphatic carboxylic acids is 1. The lowest BCUT2D eigenvalue weighted by Gasteiger charge is -2.13. The first-order valence-electron chi connectivity index (χ1n) is 4.74. The number of alkyl carbamates (subject to hydrolysis) is 1. The van der Waals surface area contributed by atoms with Crippen molar-refractivity contribution in [2.45, 2.75) is 6.04 Å². The molecule has 0 bridgehead atoms. The second-order valence-corrected chi connectivity index (χ2v) is 5.33. The number of hydrogen-bond acceptors (Lipinski definition) is 5. The Hall–Kier alpha value is -1.08. The van der Waals surface area contributed by atoms with Crippen molar-refractivity contribution in [3.8, 4) is 0 Å². The van der Waals surface area contributed by atoms with E-state index in [0.29, 0.717) is 0 Å². The SMILES string of the molecule is C=CCOC(=O)N[C@@H](CSSCC=C)C(=O)O. The van der Waals surface area contributed by atoms with Crippen molar-refractivity contribution < 1.29 is 19.4 Å². The molecule has 0 unspecified atom stereocenters. The van der Waals surface area contributed by atoms with Gasteiger partial charge in [0.15, 0.2) is 0 Å². The standard InChI is InChI=1S/C10H15NO4S2/c1-3-5-15-10(14)11-8(9(12)13)7-17-16-6-4-2/h3-4,8H,1-2,5-7H2,(H,11,14)(H,12,13)/t8-/m0/s1. The maximum Gasteiger partial charge on any atom is 0.408 e. The van der Waals surface area contributed by atoms with Crippen LogP contribution in [0.1, 0.15) is 0 Å². The van der Waals surface area contributed by atoms with E-state index >= 15 is 0 Å². The zero-order chi connectivity index (χ0) is 13.1. The van der Waals surface area contributed by atoms with Gasteiger partial charge in [-0.2, -0.15) is 0 Å². The molecule has 0 heterocycles. The van der Waals surface area contributed by atoms with Crippen molar-refractivity contribution in [1.29, 1.82) is 0 Å². The van der Waals surface area contributed by atoms with Gasteiger partial charge in [-0.3, -0.25) is 0 Å². The van der Waals surface area contributed by atoms with Gasteiger partial charge in [-0.05, 0) is 0 Å². The summed E-state index contributed by atoms with van der Waals surface area (Å²) in [5.41, 5.74) is 0. The molecule has 0 aliphatic heterocycles. The summed E-state index contributed by atoms with van der Waals surface area (Å²) in [5.74, 6) is -0.109. The Bertz CT molecular complexity index is 283. The molecule has 1 amide bonds. The normalized spacial score (nSPS) is 11.3. The van der Waals surface area contributed by atoms with Crippen molar-refractivity contribution in [3.63, 3.8) is 0 Å². The number of carbonyl (C=O) groups is 2. The molecule has 1 atom stereocenters. The highest BCUT2D eigenvalue weighted by atomic mass is 33.1. The number of hydrogen-bond donors (Lipinski definition) is 2. The Kier molecular flexibility index (Phi) is 9.46. The fraction of sp³-hybridized carbons (Fsp3) is 0.400. The first kappa shape index (κ1) is 15.9. The number of carbonyl (C=O) groups excluding carboxylic acids is 1. The van der Waals surface area contributed by atoms with Crippen LogP contribution in [0.15, 0.2) is 25.3 Å². The highest BCUT2D eigenvalue weighted by Gasteiger charge is 2.20. The van der Waals surface area contributed by atoms with Gasteiger partial charge in [0.25, 0.3) is 0 Å². The Morgan fingerprint density at radius 2 is 2.06 bits per heavy atom. The highest BCUT2D eigenvalue weighted by molar-refractivity contribution is 8.76. The van der Waals surface area contributed by atoms with Gasteiger partial charge in [-0.25, -0.2) is 9.59 Å². The van der Waals surface area contributed by atoms with Crippen LogP contribution < -0.4 is 5.32 Å². The maximum atomic E-state index is 11.1. The zero-order valence-corrected chi connectivity index (χ0v) is 10.9. The number of carboxylic acid groups (broad SMARTS) is 1. The van der Waals surface area contributed by atoms with Gasteiger partial charge in [-0.15, -0.1) is 6.58 Å². The van der Waals surface area contributed by atoms with Crippen LogP contribution >= 0.6 is 21.6 Å². The van der Waals surface area contributed by atoms with Crippen LogP contribution in [0, 0.1) is 0 Å². The monoisotopic (exact) mass is 277 g/mol. The average molecular weight is 277 g/mol. The number of carboxylic acids is 1. The Morgan fingerprint density at radius 1 is 1.35 bits per heavy atom. The Morgan fingerprint density at radius 3 is 2.59 bits per heavy atom. The zero-order valence-electron chi connectivity index (χ0n) is 9.26. The molecule has 0 radical (unpaired) electrons. The van der Waals surface area contributed by atoms with E-state index in [1.54, 1.807) is 6.08 Å². The lowest BCUT2D eigenvalue weighted by atomic mass is 10.3. The molecule has 0 aromatic carbocycles. The smallest absolute Gasteiger partial charge is 0.408 e. The largest absolute Gasteiger partial charge is 0.480 e. The molecule has 0 rings (SSSR count). The maximum absolute atomic E-state index is 11.1. The van der Waals surface area contributed by atoms with Gasteiger partial charge in [0.2, 0.25) is 0 Å². The van der Waals surface area contributed by atoms with Crippen molar-refractivity contribution in [2.75, 3.05) is 18.1 Å². The quantitative estimate of drug-likeness (QED) is 0.381. The summed E-state index contributed by atoms with van der Waals surface area (Å²) in [6.45, 7) is 6.98. The first-order valence-corrected chi connectivity index (χ1v) is 7.23. The van der Waals surface area contributed by atoms with Gasteiger partial charge >= 0.3 is 12.1 Å². The molecular formula is C10H15NO4S2. The van der Waals surface area contributed by atoms with Crippen LogP contribution in [0.5, 0.6) is 0 Å². The molecule has 0 fully saturated rings. The lowest BCUT2D eigenvalue weighted by Crippen LogP contribution is -2.42. The van der Waals surface area contributed by atoms with E-state index in [2.05, 4.69) is 23.2 Å². The van der Waals surface area contributed by atoms with Crippen LogP contribution in [-0.2, 0) is 9.53 Å². The van der Waals surface area contributed by atoms with Crippen LogP contribution in [0.25, 0.3) is 0 Å². The van der Waals surface area contributed by atoms with Gasteiger partial charge < -0.3 is 15.2 Å². The molecule has 96 valence electrons. The van der Waals surface area contributed by atoms with Gasteiger partial charge in [0.05, 0.1) is 0 Å². The molecule has 2 N–H and O–H groups in total. The Balaban J connectivity index is 3.97. The summed E-state index contributed by atoms with van der Waals surface area (Å²) >= 11 is 0. The van der Waals surface area contributed by atoms with E-state index in [0.717, 1.165) is 5.75 Å². The molecule has 0 aliphatic carbocycles. The molecule has 0 saturated heterocycles. The van der Waals surface area contributed by atoms with E-state index in [4.69, 9.17) is 5.11 Å². The average Bonchev–Trinajstić information content (AvgIpc) is 2.30. The van der Waals surface area contributed by atoms with E-state index in [-0.39, 0.29) is 12.4 Å². The fourth-order valence-corrected chi connectivity index (χ4v) is 2.63. The number of ether oxygens (including phenoxy) is 1. The van der Waals surface area contributed by atoms with Gasteiger partial charge in [-0.1, -0.05) is 40.3 Å². The van der Waals surface area contributed by atoms with Crippen molar-refractivity contribution in [1.82, 2.24) is 5.32 Å². The fourth-order valence-electron chi connectivity index (χ4n) is 0.706. The summed E-state index contributed by atoms with van der Waals surface area (Å²) in [5, 5.41) is 11.1. The molecule has 0 aromatic rings. The van der Waals surface area contributed by atoms with Crippen molar-refractivity contribution >= 4 is 33.7 Å². The minimum Gasteiger partial charge on any atom is -0.480 e. The van der Waals surface area contributed by atoms with Crippen LogP contribution in [0.2, 0.25) is 0 Å². The summed E-state index contributed by atoms with van der Waals surface area (Å²) in [4.78, 5) is 22.0. The molecule has 0 saturated carbocycles. The lowest BCUT2D eigenvalue weighted by molar-refractivity contribution is -0.138. The van der Waals surface area contributed by atoms with Crippen LogP contribution in [0.4, 0.5) is 4.79 Å².